The molecule has 0 saturated carbocycles. The molecule has 0 heterocycles. The lowest BCUT2D eigenvalue weighted by atomic mass is 10.2. The van der Waals surface area contributed by atoms with E-state index in [0.717, 1.165) is 15.1 Å². The molecule has 23 heavy (non-hydrogen) atoms. The van der Waals surface area contributed by atoms with Gasteiger partial charge in [-0.2, -0.15) is 11.8 Å². The fourth-order valence-corrected chi connectivity index (χ4v) is 3.05. The predicted octanol–water partition coefficient (Wildman–Crippen LogP) is 4.03. The minimum atomic E-state index is -0.0838. The first-order valence-electron chi connectivity index (χ1n) is 7.42. The van der Waals surface area contributed by atoms with Crippen molar-refractivity contribution in [3.05, 3.63) is 63.2 Å². The third kappa shape index (κ3) is 7.26. The topological polar surface area (TPSA) is 38.3 Å². The summed E-state index contributed by atoms with van der Waals surface area (Å²) in [6.45, 7) is 2.80. The van der Waals surface area contributed by atoms with E-state index in [1.54, 1.807) is 0 Å². The van der Waals surface area contributed by atoms with Crippen molar-refractivity contribution in [3.63, 3.8) is 0 Å². The Morgan fingerprint density at radius 1 is 1.13 bits per heavy atom. The fourth-order valence-electron chi connectivity index (χ4n) is 1.87. The molecular weight excluding hydrogens is 421 g/mol. The lowest BCUT2D eigenvalue weighted by Crippen LogP contribution is -2.30. The smallest absolute Gasteiger partial charge is 0.257 e. The normalized spacial score (nSPS) is 10.3. The number of thioether (sulfide) groups is 1. The van der Waals surface area contributed by atoms with Gasteiger partial charge in [-0.05, 0) is 59.3 Å². The summed E-state index contributed by atoms with van der Waals surface area (Å²) < 4.78 is 6.58. The van der Waals surface area contributed by atoms with Gasteiger partial charge >= 0.3 is 0 Å². The highest BCUT2D eigenvalue weighted by Gasteiger charge is 2.02. The largest absolute Gasteiger partial charge is 0.484 e. The van der Waals surface area contributed by atoms with Gasteiger partial charge in [0.25, 0.3) is 5.91 Å². The number of carbonyl (C=O) groups is 1. The van der Waals surface area contributed by atoms with Crippen molar-refractivity contribution in [2.75, 3.05) is 18.9 Å². The maximum atomic E-state index is 11.7. The van der Waals surface area contributed by atoms with Crippen molar-refractivity contribution in [2.24, 2.45) is 0 Å². The lowest BCUT2D eigenvalue weighted by molar-refractivity contribution is -0.122. The van der Waals surface area contributed by atoms with Gasteiger partial charge in [-0.15, -0.1) is 0 Å². The Kier molecular flexibility index (Phi) is 7.74. The zero-order valence-electron chi connectivity index (χ0n) is 13.0. The summed E-state index contributed by atoms with van der Waals surface area (Å²) in [5.41, 5.74) is 2.59. The molecule has 0 aromatic heterocycles. The summed E-state index contributed by atoms with van der Waals surface area (Å²) in [6, 6.07) is 16.2. The van der Waals surface area contributed by atoms with Crippen molar-refractivity contribution in [2.45, 2.75) is 12.7 Å². The molecule has 0 unspecified atom stereocenters. The second-order valence-corrected chi connectivity index (χ2v) is 7.48. The van der Waals surface area contributed by atoms with E-state index in [2.05, 4.69) is 59.1 Å². The molecule has 0 aliphatic rings. The minimum Gasteiger partial charge on any atom is -0.484 e. The Hall–Kier alpha value is -1.21. The van der Waals surface area contributed by atoms with Crippen LogP contribution in [0.1, 0.15) is 11.1 Å². The van der Waals surface area contributed by atoms with Gasteiger partial charge in [0.2, 0.25) is 0 Å². The summed E-state index contributed by atoms with van der Waals surface area (Å²) in [5, 5.41) is 2.87. The summed E-state index contributed by atoms with van der Waals surface area (Å²) in [7, 11) is 0. The second-order valence-electron chi connectivity index (χ2n) is 5.13. The molecule has 2 aromatic carbocycles. The van der Waals surface area contributed by atoms with Gasteiger partial charge in [0, 0.05) is 21.6 Å². The minimum absolute atomic E-state index is 0.0588. The number of carbonyl (C=O) groups excluding carboxylic acids is 1. The van der Waals surface area contributed by atoms with Crippen LogP contribution in [-0.2, 0) is 10.5 Å². The first-order chi connectivity index (χ1) is 11.1. The Bertz CT molecular complexity index is 614. The number of halogens is 1. The fraction of sp³-hybridized carbons (Fsp3) is 0.278. The van der Waals surface area contributed by atoms with E-state index in [1.165, 1.54) is 11.1 Å². The Labute approximate surface area is 155 Å². The van der Waals surface area contributed by atoms with Gasteiger partial charge in [0.05, 0.1) is 0 Å². The van der Waals surface area contributed by atoms with Crippen LogP contribution >= 0.6 is 34.4 Å². The van der Waals surface area contributed by atoms with E-state index >= 15 is 0 Å². The first kappa shape index (κ1) is 18.1. The molecule has 0 spiro atoms. The van der Waals surface area contributed by atoms with E-state index in [-0.39, 0.29) is 12.5 Å². The Morgan fingerprint density at radius 2 is 1.83 bits per heavy atom. The maximum absolute atomic E-state index is 11.7. The predicted molar refractivity (Wildman–Crippen MR) is 105 cm³/mol. The van der Waals surface area contributed by atoms with E-state index in [4.69, 9.17) is 4.74 Å². The van der Waals surface area contributed by atoms with Crippen molar-refractivity contribution in [1.82, 2.24) is 5.32 Å². The summed E-state index contributed by atoms with van der Waals surface area (Å²) in [5.74, 6) is 2.49. The van der Waals surface area contributed by atoms with Gasteiger partial charge in [0.1, 0.15) is 5.75 Å². The quantitative estimate of drug-likeness (QED) is 0.497. The number of hydrogen-bond acceptors (Lipinski definition) is 3. The first-order valence-corrected chi connectivity index (χ1v) is 9.65. The molecule has 122 valence electrons. The lowest BCUT2D eigenvalue weighted by Gasteiger charge is -2.07. The molecule has 0 fully saturated rings. The third-order valence-corrected chi connectivity index (χ3v) is 4.89. The number of hydrogen-bond donors (Lipinski definition) is 1. The van der Waals surface area contributed by atoms with Crippen LogP contribution in [0.2, 0.25) is 0 Å². The molecule has 2 aromatic rings. The van der Waals surface area contributed by atoms with Crippen molar-refractivity contribution in [1.29, 1.82) is 0 Å². The molecule has 3 nitrogen and oxygen atoms in total. The van der Waals surface area contributed by atoms with E-state index in [1.807, 2.05) is 36.0 Å². The van der Waals surface area contributed by atoms with Gasteiger partial charge in [-0.25, -0.2) is 0 Å². The number of benzene rings is 2. The molecule has 0 atom stereocenters. The highest BCUT2D eigenvalue weighted by atomic mass is 127. The van der Waals surface area contributed by atoms with E-state index < -0.39 is 0 Å². The molecule has 5 heteroatoms. The van der Waals surface area contributed by atoms with Gasteiger partial charge in [-0.3, -0.25) is 4.79 Å². The summed E-state index contributed by atoms with van der Waals surface area (Å²) >= 11 is 4.05. The van der Waals surface area contributed by atoms with Gasteiger partial charge < -0.3 is 10.1 Å². The van der Waals surface area contributed by atoms with Crippen LogP contribution in [-0.4, -0.2) is 24.8 Å². The Balaban J connectivity index is 1.56. The zero-order chi connectivity index (χ0) is 16.5. The molecule has 1 amide bonds. The molecule has 0 aliphatic heterocycles. The molecule has 0 saturated heterocycles. The average molecular weight is 441 g/mol. The van der Waals surface area contributed by atoms with Crippen molar-refractivity contribution in [3.8, 4) is 5.75 Å². The molecule has 2 rings (SSSR count). The van der Waals surface area contributed by atoms with Crippen LogP contribution in [0.15, 0.2) is 48.5 Å². The van der Waals surface area contributed by atoms with Gasteiger partial charge in [0.15, 0.2) is 6.61 Å². The number of nitrogens with one attached hydrogen (secondary N) is 1. The van der Waals surface area contributed by atoms with Crippen LogP contribution in [0.25, 0.3) is 0 Å². The zero-order valence-corrected chi connectivity index (χ0v) is 16.0. The SMILES string of the molecule is Cc1ccc(CSCCNC(=O)COc2ccc(I)cc2)cc1. The third-order valence-electron chi connectivity index (χ3n) is 3.14. The molecule has 0 radical (unpaired) electrons. The van der Waals surface area contributed by atoms with Crippen molar-refractivity contribution < 1.29 is 9.53 Å². The Morgan fingerprint density at radius 3 is 2.52 bits per heavy atom. The average Bonchev–Trinajstić information content (AvgIpc) is 2.56. The van der Waals surface area contributed by atoms with E-state index in [9.17, 15) is 4.79 Å². The van der Waals surface area contributed by atoms with Gasteiger partial charge in [-0.1, -0.05) is 29.8 Å². The molecule has 0 bridgehead atoms. The molecular formula is C18H20INO2S. The van der Waals surface area contributed by atoms with Crippen LogP contribution in [0.3, 0.4) is 0 Å². The monoisotopic (exact) mass is 441 g/mol. The summed E-state index contributed by atoms with van der Waals surface area (Å²) in [6.07, 6.45) is 0. The highest BCUT2D eigenvalue weighted by molar-refractivity contribution is 14.1. The van der Waals surface area contributed by atoms with Crippen LogP contribution in [0, 0.1) is 10.5 Å². The van der Waals surface area contributed by atoms with Crippen LogP contribution < -0.4 is 10.1 Å². The number of ether oxygens (including phenoxy) is 1. The van der Waals surface area contributed by atoms with Crippen LogP contribution in [0.5, 0.6) is 5.75 Å². The summed E-state index contributed by atoms with van der Waals surface area (Å²) in [4.78, 5) is 11.7. The second kappa shape index (κ2) is 9.82. The standard InChI is InChI=1S/C18H20INO2S/c1-14-2-4-15(5-3-14)13-23-11-10-20-18(21)12-22-17-8-6-16(19)7-9-17/h2-9H,10-13H2,1H3,(H,20,21). The van der Waals surface area contributed by atoms with E-state index in [0.29, 0.717) is 12.3 Å². The highest BCUT2D eigenvalue weighted by Crippen LogP contribution is 2.13. The molecule has 0 aliphatic carbocycles. The van der Waals surface area contributed by atoms with Crippen LogP contribution in [0.4, 0.5) is 0 Å². The van der Waals surface area contributed by atoms with Crippen molar-refractivity contribution >= 4 is 40.3 Å². The molecule has 1 N–H and O–H groups in total. The number of amides is 1. The maximum Gasteiger partial charge on any atom is 0.257 e. The number of rotatable bonds is 8. The number of aryl methyl sites for hydroxylation is 1.